The molecule has 0 saturated carbocycles. The molecule has 20 heavy (non-hydrogen) atoms. The highest BCUT2D eigenvalue weighted by atomic mass is 32.2. The number of aromatic nitrogens is 2. The van der Waals surface area contributed by atoms with Gasteiger partial charge in [-0.3, -0.25) is 4.68 Å². The Bertz CT molecular complexity index is 640. The largest absolute Gasteiger partial charge is 0.478 e. The Hall–Kier alpha value is -1.82. The lowest BCUT2D eigenvalue weighted by Crippen LogP contribution is -2.02. The van der Waals surface area contributed by atoms with Crippen LogP contribution in [0.4, 0.5) is 4.39 Å². The van der Waals surface area contributed by atoms with Gasteiger partial charge in [0.05, 0.1) is 11.3 Å². The van der Waals surface area contributed by atoms with E-state index in [0.717, 1.165) is 17.9 Å². The van der Waals surface area contributed by atoms with Crippen LogP contribution in [0.25, 0.3) is 0 Å². The van der Waals surface area contributed by atoms with E-state index in [-0.39, 0.29) is 5.56 Å². The standard InChI is InChI=1S/C14H15FN2O2S/c1-3-17-11(6-9(2)16-17)8-20-13-7-10(14(18)19)4-5-12(13)15/h4-7H,3,8H2,1-2H3,(H,18,19). The zero-order chi connectivity index (χ0) is 14.7. The van der Waals surface area contributed by atoms with Gasteiger partial charge in [-0.25, -0.2) is 9.18 Å². The van der Waals surface area contributed by atoms with Crippen molar-refractivity contribution < 1.29 is 14.3 Å². The van der Waals surface area contributed by atoms with Crippen LogP contribution < -0.4 is 0 Å². The number of carbonyl (C=O) groups is 1. The molecular formula is C14H15FN2O2S. The Labute approximate surface area is 120 Å². The zero-order valence-electron chi connectivity index (χ0n) is 11.3. The van der Waals surface area contributed by atoms with E-state index in [9.17, 15) is 9.18 Å². The van der Waals surface area contributed by atoms with Gasteiger partial charge in [-0.15, -0.1) is 11.8 Å². The topological polar surface area (TPSA) is 55.1 Å². The second kappa shape index (κ2) is 6.09. The maximum absolute atomic E-state index is 13.7. The fourth-order valence-electron chi connectivity index (χ4n) is 1.89. The van der Waals surface area contributed by atoms with Crippen LogP contribution in [-0.2, 0) is 12.3 Å². The van der Waals surface area contributed by atoms with E-state index in [1.807, 2.05) is 24.6 Å². The molecule has 0 aliphatic carbocycles. The second-order valence-electron chi connectivity index (χ2n) is 4.33. The maximum Gasteiger partial charge on any atom is 0.335 e. The summed E-state index contributed by atoms with van der Waals surface area (Å²) in [7, 11) is 0. The van der Waals surface area contributed by atoms with Gasteiger partial charge in [0.1, 0.15) is 5.82 Å². The van der Waals surface area contributed by atoms with Crippen molar-refractivity contribution in [3.63, 3.8) is 0 Å². The lowest BCUT2D eigenvalue weighted by atomic mass is 10.2. The summed E-state index contributed by atoms with van der Waals surface area (Å²) < 4.78 is 15.5. The number of benzene rings is 1. The van der Waals surface area contributed by atoms with E-state index in [0.29, 0.717) is 10.6 Å². The van der Waals surface area contributed by atoms with Crippen molar-refractivity contribution in [1.82, 2.24) is 9.78 Å². The third-order valence-corrected chi connectivity index (χ3v) is 3.90. The molecular weight excluding hydrogens is 279 g/mol. The highest BCUT2D eigenvalue weighted by molar-refractivity contribution is 7.98. The van der Waals surface area contributed by atoms with Crippen LogP contribution in [0.15, 0.2) is 29.2 Å². The van der Waals surface area contributed by atoms with Gasteiger partial charge in [0.25, 0.3) is 0 Å². The Morgan fingerprint density at radius 1 is 1.45 bits per heavy atom. The molecule has 0 atom stereocenters. The minimum atomic E-state index is -1.05. The molecule has 1 aromatic carbocycles. The summed E-state index contributed by atoms with van der Waals surface area (Å²) in [6.07, 6.45) is 0. The normalized spacial score (nSPS) is 10.8. The molecule has 0 aliphatic heterocycles. The van der Waals surface area contributed by atoms with Crippen molar-refractivity contribution in [2.75, 3.05) is 0 Å². The molecule has 1 aromatic heterocycles. The van der Waals surface area contributed by atoms with Crippen LogP contribution >= 0.6 is 11.8 Å². The summed E-state index contributed by atoms with van der Waals surface area (Å²) in [5.41, 5.74) is 2.01. The summed E-state index contributed by atoms with van der Waals surface area (Å²) in [4.78, 5) is 11.2. The van der Waals surface area contributed by atoms with Crippen LogP contribution in [0.3, 0.4) is 0 Å². The summed E-state index contributed by atoms with van der Waals surface area (Å²) in [5.74, 6) is -0.908. The highest BCUT2D eigenvalue weighted by Gasteiger charge is 2.11. The number of carboxylic acids is 1. The predicted octanol–water partition coefficient (Wildman–Crippen LogP) is 3.34. The van der Waals surface area contributed by atoms with Gasteiger partial charge in [0, 0.05) is 22.9 Å². The van der Waals surface area contributed by atoms with E-state index in [4.69, 9.17) is 5.11 Å². The first kappa shape index (κ1) is 14.6. The van der Waals surface area contributed by atoms with Gasteiger partial charge in [-0.1, -0.05) is 0 Å². The number of aromatic carboxylic acids is 1. The quantitative estimate of drug-likeness (QED) is 0.859. The minimum Gasteiger partial charge on any atom is -0.478 e. The van der Waals surface area contributed by atoms with Gasteiger partial charge >= 0.3 is 5.97 Å². The van der Waals surface area contributed by atoms with Crippen LogP contribution in [0.5, 0.6) is 0 Å². The molecule has 6 heteroatoms. The average molecular weight is 294 g/mol. The average Bonchev–Trinajstić information content (AvgIpc) is 2.77. The van der Waals surface area contributed by atoms with E-state index >= 15 is 0 Å². The number of hydrogen-bond acceptors (Lipinski definition) is 3. The van der Waals surface area contributed by atoms with Crippen LogP contribution in [-0.4, -0.2) is 20.9 Å². The molecule has 2 rings (SSSR count). The van der Waals surface area contributed by atoms with E-state index in [1.165, 1.54) is 30.0 Å². The minimum absolute atomic E-state index is 0.0917. The first-order chi connectivity index (χ1) is 9.51. The number of hydrogen-bond donors (Lipinski definition) is 1. The number of halogens is 1. The number of carboxylic acid groups (broad SMARTS) is 1. The summed E-state index contributed by atoms with van der Waals surface area (Å²) in [6, 6.07) is 5.77. The molecule has 0 bridgehead atoms. The Morgan fingerprint density at radius 2 is 2.20 bits per heavy atom. The van der Waals surface area contributed by atoms with E-state index in [2.05, 4.69) is 5.10 Å². The molecule has 0 saturated heterocycles. The third kappa shape index (κ3) is 3.19. The monoisotopic (exact) mass is 294 g/mol. The highest BCUT2D eigenvalue weighted by Crippen LogP contribution is 2.27. The van der Waals surface area contributed by atoms with Crippen molar-refractivity contribution in [2.45, 2.75) is 31.0 Å². The molecule has 4 nitrogen and oxygen atoms in total. The molecule has 1 N–H and O–H groups in total. The smallest absolute Gasteiger partial charge is 0.335 e. The summed E-state index contributed by atoms with van der Waals surface area (Å²) >= 11 is 1.28. The van der Waals surface area contributed by atoms with Crippen LogP contribution in [0.1, 0.15) is 28.7 Å². The fourth-order valence-corrected chi connectivity index (χ4v) is 2.84. The molecule has 0 radical (unpaired) electrons. The lowest BCUT2D eigenvalue weighted by Gasteiger charge is -2.06. The molecule has 1 heterocycles. The van der Waals surface area contributed by atoms with Gasteiger partial charge in [-0.05, 0) is 38.1 Å². The van der Waals surface area contributed by atoms with Gasteiger partial charge in [0.2, 0.25) is 0 Å². The predicted molar refractivity (Wildman–Crippen MR) is 75.6 cm³/mol. The van der Waals surface area contributed by atoms with Crippen molar-refractivity contribution in [1.29, 1.82) is 0 Å². The number of aryl methyl sites for hydroxylation is 2. The lowest BCUT2D eigenvalue weighted by molar-refractivity contribution is 0.0696. The number of nitrogens with zero attached hydrogens (tertiary/aromatic N) is 2. The van der Waals surface area contributed by atoms with Crippen molar-refractivity contribution in [3.05, 3.63) is 47.0 Å². The third-order valence-electron chi connectivity index (χ3n) is 2.84. The fraction of sp³-hybridized carbons (Fsp3) is 0.286. The molecule has 0 aliphatic rings. The van der Waals surface area contributed by atoms with Gasteiger partial charge in [0.15, 0.2) is 0 Å². The van der Waals surface area contributed by atoms with Crippen molar-refractivity contribution >= 4 is 17.7 Å². The molecule has 2 aromatic rings. The first-order valence-electron chi connectivity index (χ1n) is 6.20. The Kier molecular flexibility index (Phi) is 4.44. The first-order valence-corrected chi connectivity index (χ1v) is 7.18. The molecule has 0 fully saturated rings. The van der Waals surface area contributed by atoms with Gasteiger partial charge < -0.3 is 5.11 Å². The number of rotatable bonds is 5. The SMILES string of the molecule is CCn1nc(C)cc1CSc1cc(C(=O)O)ccc1F. The number of thioether (sulfide) groups is 1. The van der Waals surface area contributed by atoms with Gasteiger partial charge in [-0.2, -0.15) is 5.10 Å². The summed E-state index contributed by atoms with van der Waals surface area (Å²) in [5, 5.41) is 13.3. The van der Waals surface area contributed by atoms with Crippen LogP contribution in [0.2, 0.25) is 0 Å². The second-order valence-corrected chi connectivity index (χ2v) is 5.35. The maximum atomic E-state index is 13.7. The molecule has 0 amide bonds. The Morgan fingerprint density at radius 3 is 2.85 bits per heavy atom. The molecule has 0 spiro atoms. The molecule has 106 valence electrons. The van der Waals surface area contributed by atoms with Crippen molar-refractivity contribution in [2.24, 2.45) is 0 Å². The van der Waals surface area contributed by atoms with Crippen LogP contribution in [0, 0.1) is 12.7 Å². The van der Waals surface area contributed by atoms with E-state index < -0.39 is 11.8 Å². The van der Waals surface area contributed by atoms with E-state index in [1.54, 1.807) is 0 Å². The Balaban J connectivity index is 2.18. The molecule has 0 unspecified atom stereocenters. The summed E-state index contributed by atoms with van der Waals surface area (Å²) in [6.45, 7) is 4.65. The van der Waals surface area contributed by atoms with Crippen molar-refractivity contribution in [3.8, 4) is 0 Å². The zero-order valence-corrected chi connectivity index (χ0v) is 12.1.